The number of ether oxygens (including phenoxy) is 1. The first-order chi connectivity index (χ1) is 8.54. The summed E-state index contributed by atoms with van der Waals surface area (Å²) in [6, 6.07) is 0. The van der Waals surface area contributed by atoms with Gasteiger partial charge in [0.05, 0.1) is 12.2 Å². The van der Waals surface area contributed by atoms with Gasteiger partial charge in [-0.15, -0.1) is 0 Å². The zero-order valence-corrected chi connectivity index (χ0v) is 11.6. The van der Waals surface area contributed by atoms with Crippen LogP contribution in [0.1, 0.15) is 34.1 Å². The number of aliphatic hydroxyl groups is 1. The average Bonchev–Trinajstić information content (AvgIpc) is 2.35. The van der Waals surface area contributed by atoms with Gasteiger partial charge in [0, 0.05) is 18.9 Å². The Labute approximate surface area is 109 Å². The van der Waals surface area contributed by atoms with Gasteiger partial charge in [0.25, 0.3) is 5.88 Å². The summed E-state index contributed by atoms with van der Waals surface area (Å²) < 4.78 is 5.55. The maximum atomic E-state index is 9.90. The van der Waals surface area contributed by atoms with Gasteiger partial charge in [-0.1, -0.05) is 20.3 Å². The molecule has 1 aromatic rings. The minimum atomic E-state index is -0.399. The Bertz CT molecular complexity index is 358. The molecule has 1 aromatic heterocycles. The topological polar surface area (TPSA) is 67.3 Å². The molecule has 0 saturated carbocycles. The fourth-order valence-electron chi connectivity index (χ4n) is 1.43. The molecule has 2 N–H and O–H groups in total. The van der Waals surface area contributed by atoms with Crippen LogP contribution in [0.4, 0.5) is 5.82 Å². The van der Waals surface area contributed by atoms with Crippen molar-refractivity contribution in [1.29, 1.82) is 0 Å². The largest absolute Gasteiger partial charge is 0.472 e. The molecule has 1 rings (SSSR count). The Morgan fingerprint density at radius 3 is 2.56 bits per heavy atom. The number of rotatable bonds is 7. The third-order valence-electron chi connectivity index (χ3n) is 2.79. The summed E-state index contributed by atoms with van der Waals surface area (Å²) in [5.74, 6) is 1.31. The van der Waals surface area contributed by atoms with Crippen LogP contribution >= 0.6 is 0 Å². The predicted molar refractivity (Wildman–Crippen MR) is 71.7 cm³/mol. The van der Waals surface area contributed by atoms with Crippen molar-refractivity contribution in [2.45, 2.75) is 46.3 Å². The van der Waals surface area contributed by atoms with Crippen LogP contribution in [-0.2, 0) is 0 Å². The summed E-state index contributed by atoms with van der Waals surface area (Å²) in [5, 5.41) is 13.0. The highest BCUT2D eigenvalue weighted by Gasteiger charge is 2.14. The molecule has 0 bridgehead atoms. The number of nitrogens with one attached hydrogen (secondary N) is 1. The maximum absolute atomic E-state index is 9.90. The third kappa shape index (κ3) is 4.49. The van der Waals surface area contributed by atoms with Gasteiger partial charge in [0.1, 0.15) is 0 Å². The SMILES string of the molecule is CCC(C)C(O)CNc1nccnc1OC(C)C. The van der Waals surface area contributed by atoms with Crippen molar-refractivity contribution in [2.24, 2.45) is 5.92 Å². The lowest BCUT2D eigenvalue weighted by atomic mass is 10.0. The van der Waals surface area contributed by atoms with E-state index in [-0.39, 0.29) is 12.0 Å². The van der Waals surface area contributed by atoms with Crippen LogP contribution in [0.25, 0.3) is 0 Å². The Morgan fingerprint density at radius 1 is 1.28 bits per heavy atom. The smallest absolute Gasteiger partial charge is 0.257 e. The van der Waals surface area contributed by atoms with E-state index in [2.05, 4.69) is 22.2 Å². The number of anilines is 1. The third-order valence-corrected chi connectivity index (χ3v) is 2.79. The highest BCUT2D eigenvalue weighted by molar-refractivity contribution is 5.44. The molecule has 0 saturated heterocycles. The van der Waals surface area contributed by atoms with Crippen LogP contribution in [0.5, 0.6) is 5.88 Å². The molecule has 102 valence electrons. The second-order valence-electron chi connectivity index (χ2n) is 4.71. The number of nitrogens with zero attached hydrogens (tertiary/aromatic N) is 2. The fourth-order valence-corrected chi connectivity index (χ4v) is 1.43. The van der Waals surface area contributed by atoms with Gasteiger partial charge in [-0.05, 0) is 19.8 Å². The Kier molecular flexibility index (Phi) is 5.85. The van der Waals surface area contributed by atoms with Crippen LogP contribution in [0.2, 0.25) is 0 Å². The van der Waals surface area contributed by atoms with Crippen molar-refractivity contribution in [1.82, 2.24) is 9.97 Å². The molecule has 0 amide bonds. The first-order valence-corrected chi connectivity index (χ1v) is 6.44. The monoisotopic (exact) mass is 253 g/mol. The van der Waals surface area contributed by atoms with Crippen LogP contribution in [0.15, 0.2) is 12.4 Å². The Hall–Kier alpha value is -1.36. The van der Waals surface area contributed by atoms with E-state index in [1.165, 1.54) is 0 Å². The van der Waals surface area contributed by atoms with E-state index in [1.807, 2.05) is 20.8 Å². The van der Waals surface area contributed by atoms with Gasteiger partial charge in [-0.2, -0.15) is 0 Å². The molecule has 0 aliphatic rings. The Morgan fingerprint density at radius 2 is 1.94 bits per heavy atom. The van der Waals surface area contributed by atoms with Crippen molar-refractivity contribution < 1.29 is 9.84 Å². The molecule has 18 heavy (non-hydrogen) atoms. The van der Waals surface area contributed by atoms with Crippen LogP contribution < -0.4 is 10.1 Å². The van der Waals surface area contributed by atoms with Crippen molar-refractivity contribution in [3.63, 3.8) is 0 Å². The molecule has 0 aromatic carbocycles. The fraction of sp³-hybridized carbons (Fsp3) is 0.692. The zero-order valence-electron chi connectivity index (χ0n) is 11.6. The number of aromatic nitrogens is 2. The number of aliphatic hydroxyl groups excluding tert-OH is 1. The summed E-state index contributed by atoms with van der Waals surface area (Å²) in [6.45, 7) is 8.40. The van der Waals surface area contributed by atoms with E-state index >= 15 is 0 Å². The molecular formula is C13H23N3O2. The van der Waals surface area contributed by atoms with Gasteiger partial charge < -0.3 is 15.2 Å². The normalized spacial score (nSPS) is 14.3. The maximum Gasteiger partial charge on any atom is 0.257 e. The van der Waals surface area contributed by atoms with E-state index in [9.17, 15) is 5.11 Å². The lowest BCUT2D eigenvalue weighted by molar-refractivity contribution is 0.126. The summed E-state index contributed by atoms with van der Waals surface area (Å²) in [6.07, 6.45) is 3.78. The number of hydrogen-bond acceptors (Lipinski definition) is 5. The predicted octanol–water partition coefficient (Wildman–Crippen LogP) is 2.08. The molecule has 5 nitrogen and oxygen atoms in total. The van der Waals surface area contributed by atoms with Gasteiger partial charge in [0.15, 0.2) is 5.82 Å². The molecule has 1 heterocycles. The van der Waals surface area contributed by atoms with E-state index in [0.29, 0.717) is 18.2 Å². The quantitative estimate of drug-likeness (QED) is 0.778. The van der Waals surface area contributed by atoms with Gasteiger partial charge in [-0.25, -0.2) is 9.97 Å². The van der Waals surface area contributed by atoms with Gasteiger partial charge in [-0.3, -0.25) is 0 Å². The van der Waals surface area contributed by atoms with Crippen molar-refractivity contribution in [3.05, 3.63) is 12.4 Å². The van der Waals surface area contributed by atoms with E-state index in [0.717, 1.165) is 6.42 Å². The Balaban J connectivity index is 2.61. The van der Waals surface area contributed by atoms with Crippen LogP contribution in [-0.4, -0.2) is 33.8 Å². The van der Waals surface area contributed by atoms with Crippen LogP contribution in [0.3, 0.4) is 0 Å². The zero-order chi connectivity index (χ0) is 13.5. The van der Waals surface area contributed by atoms with E-state index in [4.69, 9.17) is 4.74 Å². The molecule has 5 heteroatoms. The van der Waals surface area contributed by atoms with E-state index < -0.39 is 6.10 Å². The summed E-state index contributed by atoms with van der Waals surface area (Å²) >= 11 is 0. The minimum Gasteiger partial charge on any atom is -0.472 e. The standard InChI is InChI=1S/C13H23N3O2/c1-5-10(4)11(17)8-16-12-13(18-9(2)3)15-7-6-14-12/h6-7,9-11,17H,5,8H2,1-4H3,(H,14,16). The molecule has 2 unspecified atom stereocenters. The highest BCUT2D eigenvalue weighted by Crippen LogP contribution is 2.19. The summed E-state index contributed by atoms with van der Waals surface area (Å²) in [4.78, 5) is 8.31. The molecule has 0 radical (unpaired) electrons. The van der Waals surface area contributed by atoms with Gasteiger partial charge >= 0.3 is 0 Å². The summed E-state index contributed by atoms with van der Waals surface area (Å²) in [5.41, 5.74) is 0. The molecule has 0 aliphatic carbocycles. The van der Waals surface area contributed by atoms with Gasteiger partial charge in [0.2, 0.25) is 0 Å². The highest BCUT2D eigenvalue weighted by atomic mass is 16.5. The number of hydrogen-bond donors (Lipinski definition) is 2. The van der Waals surface area contributed by atoms with Crippen molar-refractivity contribution >= 4 is 5.82 Å². The molecule has 2 atom stereocenters. The molecule has 0 fully saturated rings. The van der Waals surface area contributed by atoms with E-state index in [1.54, 1.807) is 12.4 Å². The molecular weight excluding hydrogens is 230 g/mol. The van der Waals surface area contributed by atoms with Crippen molar-refractivity contribution in [3.8, 4) is 5.88 Å². The first-order valence-electron chi connectivity index (χ1n) is 6.44. The first kappa shape index (κ1) is 14.7. The average molecular weight is 253 g/mol. The van der Waals surface area contributed by atoms with Crippen molar-refractivity contribution in [2.75, 3.05) is 11.9 Å². The molecule has 0 aliphatic heterocycles. The molecule has 0 spiro atoms. The second-order valence-corrected chi connectivity index (χ2v) is 4.71. The lowest BCUT2D eigenvalue weighted by Crippen LogP contribution is -2.26. The minimum absolute atomic E-state index is 0.0433. The lowest BCUT2D eigenvalue weighted by Gasteiger charge is -2.19. The summed E-state index contributed by atoms with van der Waals surface area (Å²) in [7, 11) is 0. The second kappa shape index (κ2) is 7.16. The van der Waals surface area contributed by atoms with Crippen LogP contribution in [0, 0.1) is 5.92 Å².